The van der Waals surface area contributed by atoms with Gasteiger partial charge in [-0.1, -0.05) is 36.8 Å². The number of nitrogens with zero attached hydrogens (tertiary/aromatic N) is 4. The number of halogens is 5. The van der Waals surface area contributed by atoms with Gasteiger partial charge in [0.05, 0.1) is 29.6 Å². The first-order valence-electron chi connectivity index (χ1n) is 11.7. The normalized spacial score (nSPS) is 19.3. The Labute approximate surface area is 220 Å². The number of hydrogen-bond donors (Lipinski definition) is 1. The van der Waals surface area contributed by atoms with E-state index >= 15 is 0 Å². The minimum atomic E-state index is -4.71. The molecule has 1 N–H and O–H groups in total. The predicted molar refractivity (Wildman–Crippen MR) is 133 cm³/mol. The molecular weight excluding hydrogens is 529 g/mol. The van der Waals surface area contributed by atoms with Crippen molar-refractivity contribution < 1.29 is 31.5 Å². The highest BCUT2D eigenvalue weighted by molar-refractivity contribution is 7.15. The van der Waals surface area contributed by atoms with Crippen molar-refractivity contribution >= 4 is 23.2 Å². The number of piperidine rings is 1. The van der Waals surface area contributed by atoms with E-state index < -0.39 is 54.4 Å². The molecule has 3 heterocycles. The second-order valence-corrected chi connectivity index (χ2v) is 10.5. The van der Waals surface area contributed by atoms with Gasteiger partial charge in [0.15, 0.2) is 0 Å². The fourth-order valence-corrected chi connectivity index (χ4v) is 5.47. The Morgan fingerprint density at radius 1 is 1.26 bits per heavy atom. The number of alkyl halides is 5. The van der Waals surface area contributed by atoms with Gasteiger partial charge in [0, 0.05) is 19.2 Å². The first kappa shape index (κ1) is 27.7. The van der Waals surface area contributed by atoms with E-state index in [1.165, 1.54) is 11.3 Å². The summed E-state index contributed by atoms with van der Waals surface area (Å²) in [5, 5.41) is 3.41. The molecule has 0 saturated carbocycles. The molecule has 1 aliphatic rings. The van der Waals surface area contributed by atoms with Crippen molar-refractivity contribution in [3.05, 3.63) is 52.3 Å². The average Bonchev–Trinajstić information content (AvgIpc) is 3.23. The van der Waals surface area contributed by atoms with Gasteiger partial charge >= 0.3 is 6.18 Å². The number of anilines is 1. The zero-order chi connectivity index (χ0) is 27.8. The maximum atomic E-state index is 14.7. The van der Waals surface area contributed by atoms with E-state index in [4.69, 9.17) is 4.74 Å². The number of aromatic nitrogens is 3. The quantitative estimate of drug-likeness (QED) is 0.385. The highest BCUT2D eigenvalue weighted by Gasteiger charge is 2.47. The summed E-state index contributed by atoms with van der Waals surface area (Å²) in [5.41, 5.74) is 0.672. The smallest absolute Gasteiger partial charge is 0.423 e. The van der Waals surface area contributed by atoms with Crippen molar-refractivity contribution in [3.63, 3.8) is 0 Å². The van der Waals surface area contributed by atoms with Crippen LogP contribution in [-0.2, 0) is 6.18 Å². The SMILES string of the molecule is COc1nc(NCC2[C@H](C)CC(F)(F)CN2C(=O)c2nc(C)sc2-c2cccc(C)c2)ncc1C(F)(F)F. The third kappa shape index (κ3) is 5.87. The molecule has 1 amide bonds. The molecule has 13 heteroatoms. The minimum Gasteiger partial charge on any atom is -0.480 e. The molecule has 3 aromatic rings. The van der Waals surface area contributed by atoms with Gasteiger partial charge in [0.1, 0.15) is 11.3 Å². The van der Waals surface area contributed by atoms with Crippen molar-refractivity contribution in [1.82, 2.24) is 19.9 Å². The van der Waals surface area contributed by atoms with Crippen molar-refractivity contribution in [1.29, 1.82) is 0 Å². The number of thiazole rings is 1. The number of benzene rings is 1. The molecule has 1 saturated heterocycles. The fraction of sp³-hybridized carbons (Fsp3) is 0.440. The van der Waals surface area contributed by atoms with Crippen LogP contribution in [0.25, 0.3) is 10.4 Å². The Kier molecular flexibility index (Phi) is 7.60. The van der Waals surface area contributed by atoms with Gasteiger partial charge in [-0.3, -0.25) is 4.79 Å². The summed E-state index contributed by atoms with van der Waals surface area (Å²) in [6.07, 6.45) is -4.58. The van der Waals surface area contributed by atoms with Crippen LogP contribution in [0.3, 0.4) is 0 Å². The topological polar surface area (TPSA) is 80.2 Å². The number of likely N-dealkylation sites (tertiary alicyclic amines) is 1. The van der Waals surface area contributed by atoms with E-state index in [1.54, 1.807) is 13.8 Å². The summed E-state index contributed by atoms with van der Waals surface area (Å²) in [6, 6.07) is 6.75. The Morgan fingerprint density at radius 2 is 2.00 bits per heavy atom. The van der Waals surface area contributed by atoms with E-state index in [0.717, 1.165) is 23.1 Å². The minimum absolute atomic E-state index is 0.0690. The first-order valence-corrected chi connectivity index (χ1v) is 12.6. The van der Waals surface area contributed by atoms with Gasteiger partial charge in [-0.25, -0.2) is 18.7 Å². The lowest BCUT2D eigenvalue weighted by atomic mass is 9.88. The highest BCUT2D eigenvalue weighted by atomic mass is 32.1. The predicted octanol–water partition coefficient (Wildman–Crippen LogP) is 5.84. The van der Waals surface area contributed by atoms with E-state index in [1.807, 2.05) is 31.2 Å². The van der Waals surface area contributed by atoms with Crippen LogP contribution in [0.5, 0.6) is 5.88 Å². The maximum absolute atomic E-state index is 14.7. The van der Waals surface area contributed by atoms with Crippen LogP contribution in [0.4, 0.5) is 27.9 Å². The molecule has 1 unspecified atom stereocenters. The second kappa shape index (κ2) is 10.4. The van der Waals surface area contributed by atoms with Crippen LogP contribution in [0.1, 0.15) is 40.0 Å². The zero-order valence-electron chi connectivity index (χ0n) is 21.1. The molecule has 2 atom stereocenters. The molecule has 2 aromatic heterocycles. The van der Waals surface area contributed by atoms with Crippen LogP contribution in [0.15, 0.2) is 30.5 Å². The van der Waals surface area contributed by atoms with Gasteiger partial charge in [-0.2, -0.15) is 18.2 Å². The second-order valence-electron chi connectivity index (χ2n) is 9.31. The van der Waals surface area contributed by atoms with Gasteiger partial charge in [-0.15, -0.1) is 11.3 Å². The Morgan fingerprint density at radius 3 is 2.66 bits per heavy atom. The number of methoxy groups -OCH3 is 1. The number of carbonyl (C=O) groups excluding carboxylic acids is 1. The summed E-state index contributed by atoms with van der Waals surface area (Å²) in [6.45, 7) is 4.36. The van der Waals surface area contributed by atoms with Crippen LogP contribution in [-0.4, -0.2) is 57.9 Å². The van der Waals surface area contributed by atoms with E-state index in [9.17, 15) is 26.7 Å². The summed E-state index contributed by atoms with van der Waals surface area (Å²) in [5.74, 6) is -5.26. The molecule has 0 aliphatic carbocycles. The largest absolute Gasteiger partial charge is 0.480 e. The Balaban J connectivity index is 1.63. The van der Waals surface area contributed by atoms with Gasteiger partial charge in [-0.05, 0) is 25.3 Å². The molecule has 204 valence electrons. The summed E-state index contributed by atoms with van der Waals surface area (Å²) in [4.78, 5) is 27.3. The van der Waals surface area contributed by atoms with E-state index in [0.29, 0.717) is 16.1 Å². The number of hydrogen-bond acceptors (Lipinski definition) is 7. The highest BCUT2D eigenvalue weighted by Crippen LogP contribution is 2.38. The molecule has 7 nitrogen and oxygen atoms in total. The number of nitrogens with one attached hydrogen (secondary N) is 1. The van der Waals surface area contributed by atoms with Crippen molar-refractivity contribution in [3.8, 4) is 16.3 Å². The molecule has 38 heavy (non-hydrogen) atoms. The lowest BCUT2D eigenvalue weighted by molar-refractivity contribution is -0.139. The van der Waals surface area contributed by atoms with E-state index in [-0.39, 0.29) is 18.2 Å². The molecule has 0 radical (unpaired) electrons. The van der Waals surface area contributed by atoms with E-state index in [2.05, 4.69) is 20.3 Å². The molecule has 0 spiro atoms. The van der Waals surface area contributed by atoms with Crippen LogP contribution in [0.2, 0.25) is 0 Å². The number of rotatable bonds is 6. The van der Waals surface area contributed by atoms with Crippen LogP contribution in [0, 0.1) is 19.8 Å². The maximum Gasteiger partial charge on any atom is 0.423 e. The van der Waals surface area contributed by atoms with Gasteiger partial charge in [0.25, 0.3) is 11.8 Å². The molecule has 1 aromatic carbocycles. The number of carbonyl (C=O) groups is 1. The fourth-order valence-electron chi connectivity index (χ4n) is 4.57. The first-order chi connectivity index (χ1) is 17.8. The lowest BCUT2D eigenvalue weighted by Crippen LogP contribution is -2.57. The van der Waals surface area contributed by atoms with Crippen LogP contribution >= 0.6 is 11.3 Å². The number of ether oxygens (including phenoxy) is 1. The third-order valence-corrected chi connectivity index (χ3v) is 7.30. The standard InChI is InChI=1S/C25H26F5N5O2S/c1-13-6-5-7-16(8-13)20-19(33-15(3)38-20)22(36)35-12-24(26,27)9-14(2)18(35)11-32-23-31-10-17(25(28,29)30)21(34-23)37-4/h5-8,10,14,18H,9,11-12H2,1-4H3,(H,31,32,34)/t14-,18?/m1/s1. The van der Waals surface area contributed by atoms with Gasteiger partial charge < -0.3 is 15.0 Å². The van der Waals surface area contributed by atoms with Crippen molar-refractivity contribution in [2.24, 2.45) is 5.92 Å². The Bertz CT molecular complexity index is 1330. The average molecular weight is 556 g/mol. The molecular formula is C25H26F5N5O2S. The zero-order valence-corrected chi connectivity index (χ0v) is 21.9. The monoisotopic (exact) mass is 555 g/mol. The van der Waals surface area contributed by atoms with Crippen molar-refractivity contribution in [2.75, 3.05) is 25.5 Å². The summed E-state index contributed by atoms with van der Waals surface area (Å²) < 4.78 is 73.5. The van der Waals surface area contributed by atoms with Gasteiger partial charge in [0.2, 0.25) is 11.8 Å². The summed E-state index contributed by atoms with van der Waals surface area (Å²) >= 11 is 1.30. The lowest BCUT2D eigenvalue weighted by Gasteiger charge is -2.43. The molecule has 1 fully saturated rings. The summed E-state index contributed by atoms with van der Waals surface area (Å²) in [7, 11) is 1.05. The third-order valence-electron chi connectivity index (χ3n) is 6.28. The molecule has 0 bridgehead atoms. The number of amides is 1. The molecule has 4 rings (SSSR count). The molecule has 1 aliphatic heterocycles. The Hall–Kier alpha value is -3.35. The van der Waals surface area contributed by atoms with Crippen molar-refractivity contribution in [2.45, 2.75) is 45.3 Å². The van der Waals surface area contributed by atoms with Crippen LogP contribution < -0.4 is 10.1 Å². The number of aryl methyl sites for hydroxylation is 2.